The Labute approximate surface area is 96.1 Å². The molecule has 0 atom stereocenters. The lowest BCUT2D eigenvalue weighted by molar-refractivity contribution is 0.530. The number of thioether (sulfide) groups is 1. The Morgan fingerprint density at radius 1 is 1.00 bits per heavy atom. The second kappa shape index (κ2) is 4.08. The molecule has 3 nitrogen and oxygen atoms in total. The molecular formula is C11H19N3S. The largest absolute Gasteiger partial charge is 0.221 e. The molecule has 0 aliphatic carbocycles. The van der Waals surface area contributed by atoms with Gasteiger partial charge in [0.25, 0.3) is 0 Å². The van der Waals surface area contributed by atoms with Gasteiger partial charge in [0.05, 0.1) is 0 Å². The minimum absolute atomic E-state index is 0.0177. The van der Waals surface area contributed by atoms with Crippen molar-refractivity contribution < 1.29 is 0 Å². The lowest BCUT2D eigenvalue weighted by Crippen LogP contribution is -2.17. The van der Waals surface area contributed by atoms with E-state index in [1.54, 1.807) is 18.1 Å². The molecule has 0 fully saturated rings. The van der Waals surface area contributed by atoms with Crippen LogP contribution >= 0.6 is 11.8 Å². The first-order valence-corrected chi connectivity index (χ1v) is 5.89. The van der Waals surface area contributed by atoms with Crippen LogP contribution in [0.3, 0.4) is 0 Å². The lowest BCUT2D eigenvalue weighted by atomic mass is 9.96. The van der Waals surface area contributed by atoms with Gasteiger partial charge in [0.15, 0.2) is 5.16 Å². The van der Waals surface area contributed by atoms with Crippen LogP contribution in [0.25, 0.3) is 0 Å². The second-order valence-electron chi connectivity index (χ2n) is 5.56. The van der Waals surface area contributed by atoms with Crippen molar-refractivity contribution >= 4 is 11.8 Å². The fraction of sp³-hybridized carbons (Fsp3) is 0.727. The highest BCUT2D eigenvalue weighted by Crippen LogP contribution is 2.29. The third-order valence-electron chi connectivity index (χ3n) is 1.62. The van der Waals surface area contributed by atoms with Crippen molar-refractivity contribution in [2.75, 3.05) is 0 Å². The van der Waals surface area contributed by atoms with Crippen LogP contribution in [0.5, 0.6) is 0 Å². The summed E-state index contributed by atoms with van der Waals surface area (Å²) < 4.78 is 0.135. The average Bonchev–Trinajstić information content (AvgIpc) is 1.99. The summed E-state index contributed by atoms with van der Waals surface area (Å²) >= 11 is 1.67. The summed E-state index contributed by atoms with van der Waals surface area (Å²) in [5.74, 6) is 0.851. The quantitative estimate of drug-likeness (QED) is 0.689. The van der Waals surface area contributed by atoms with Gasteiger partial charge >= 0.3 is 0 Å². The van der Waals surface area contributed by atoms with E-state index in [1.165, 1.54) is 0 Å². The van der Waals surface area contributed by atoms with Crippen molar-refractivity contribution in [2.45, 2.75) is 56.9 Å². The fourth-order valence-corrected chi connectivity index (χ4v) is 1.75. The van der Waals surface area contributed by atoms with E-state index in [2.05, 4.69) is 56.5 Å². The zero-order valence-corrected chi connectivity index (χ0v) is 11.1. The highest BCUT2D eigenvalue weighted by atomic mass is 32.2. The molecule has 0 bridgehead atoms. The van der Waals surface area contributed by atoms with Crippen LogP contribution in [0.4, 0.5) is 0 Å². The van der Waals surface area contributed by atoms with Crippen molar-refractivity contribution in [3.05, 3.63) is 12.2 Å². The molecule has 0 saturated heterocycles. The molecule has 0 aliphatic rings. The zero-order valence-electron chi connectivity index (χ0n) is 10.3. The van der Waals surface area contributed by atoms with E-state index >= 15 is 0 Å². The number of hydrogen-bond donors (Lipinski definition) is 0. The summed E-state index contributed by atoms with van der Waals surface area (Å²) in [6, 6.07) is 0. The molecule has 4 heteroatoms. The molecule has 0 saturated carbocycles. The van der Waals surface area contributed by atoms with Crippen LogP contribution in [0.15, 0.2) is 11.5 Å². The molecule has 1 aromatic heterocycles. The first-order valence-electron chi connectivity index (χ1n) is 5.07. The third kappa shape index (κ3) is 4.16. The van der Waals surface area contributed by atoms with Crippen LogP contribution in [-0.4, -0.2) is 19.7 Å². The smallest absolute Gasteiger partial charge is 0.191 e. The van der Waals surface area contributed by atoms with Crippen LogP contribution in [0.2, 0.25) is 0 Å². The SMILES string of the molecule is CC(C)(C)Sc1ncnc(C(C)(C)C)n1. The minimum Gasteiger partial charge on any atom is -0.221 e. The van der Waals surface area contributed by atoms with Gasteiger partial charge < -0.3 is 0 Å². The Balaban J connectivity index is 2.94. The number of rotatable bonds is 1. The Hall–Kier alpha value is -0.640. The van der Waals surface area contributed by atoms with Crippen molar-refractivity contribution in [1.29, 1.82) is 0 Å². The predicted molar refractivity (Wildman–Crippen MR) is 64.1 cm³/mol. The predicted octanol–water partition coefficient (Wildman–Crippen LogP) is 3.06. The van der Waals surface area contributed by atoms with E-state index in [9.17, 15) is 0 Å². The van der Waals surface area contributed by atoms with Gasteiger partial charge in [0.2, 0.25) is 0 Å². The molecule has 0 aromatic carbocycles. The van der Waals surface area contributed by atoms with Gasteiger partial charge in [-0.1, -0.05) is 53.3 Å². The summed E-state index contributed by atoms with van der Waals surface area (Å²) in [7, 11) is 0. The van der Waals surface area contributed by atoms with Gasteiger partial charge in [-0.25, -0.2) is 15.0 Å². The minimum atomic E-state index is -0.0177. The van der Waals surface area contributed by atoms with E-state index < -0.39 is 0 Å². The maximum atomic E-state index is 4.47. The highest BCUT2D eigenvalue weighted by Gasteiger charge is 2.20. The van der Waals surface area contributed by atoms with Gasteiger partial charge in [-0.3, -0.25) is 0 Å². The molecule has 15 heavy (non-hydrogen) atoms. The summed E-state index contributed by atoms with van der Waals surface area (Å²) in [5.41, 5.74) is -0.0177. The number of nitrogens with zero attached hydrogens (tertiary/aromatic N) is 3. The molecule has 84 valence electrons. The Kier molecular flexibility index (Phi) is 3.38. The van der Waals surface area contributed by atoms with Crippen LogP contribution in [-0.2, 0) is 5.41 Å². The topological polar surface area (TPSA) is 38.7 Å². The maximum absolute atomic E-state index is 4.47. The van der Waals surface area contributed by atoms with Crippen molar-refractivity contribution in [3.63, 3.8) is 0 Å². The lowest BCUT2D eigenvalue weighted by Gasteiger charge is -2.19. The Bertz CT molecular complexity index is 336. The number of hydrogen-bond acceptors (Lipinski definition) is 4. The molecule has 0 aliphatic heterocycles. The fourth-order valence-electron chi connectivity index (χ4n) is 0.966. The standard InChI is InChI=1S/C11H19N3S/c1-10(2,3)8-12-7-13-9(14-8)15-11(4,5)6/h7H,1-6H3. The van der Waals surface area contributed by atoms with Gasteiger partial charge in [0.1, 0.15) is 12.2 Å². The molecule has 0 radical (unpaired) electrons. The van der Waals surface area contributed by atoms with Gasteiger partial charge in [-0.15, -0.1) is 0 Å². The van der Waals surface area contributed by atoms with Gasteiger partial charge in [0, 0.05) is 10.2 Å². The summed E-state index contributed by atoms with van der Waals surface area (Å²) in [4.78, 5) is 12.9. The number of aromatic nitrogens is 3. The first kappa shape index (κ1) is 12.4. The molecule has 0 unspecified atom stereocenters. The molecule has 0 N–H and O–H groups in total. The second-order valence-corrected chi connectivity index (χ2v) is 7.35. The first-order chi connectivity index (χ1) is 6.68. The zero-order chi connectivity index (χ0) is 11.7. The summed E-state index contributed by atoms with van der Waals surface area (Å²) in [6.45, 7) is 12.8. The Morgan fingerprint density at radius 2 is 1.60 bits per heavy atom. The monoisotopic (exact) mass is 225 g/mol. The Morgan fingerprint density at radius 3 is 2.07 bits per heavy atom. The van der Waals surface area contributed by atoms with E-state index in [1.807, 2.05) is 0 Å². The molecule has 1 heterocycles. The normalized spacial score (nSPS) is 12.9. The molecule has 1 aromatic rings. The molecule has 1 rings (SSSR count). The molecule has 0 amide bonds. The van der Waals surface area contributed by atoms with Crippen molar-refractivity contribution in [3.8, 4) is 0 Å². The highest BCUT2D eigenvalue weighted by molar-refractivity contribution is 8.00. The van der Waals surface area contributed by atoms with Gasteiger partial charge in [-0.05, 0) is 0 Å². The van der Waals surface area contributed by atoms with Crippen LogP contribution < -0.4 is 0 Å². The van der Waals surface area contributed by atoms with E-state index in [4.69, 9.17) is 0 Å². The van der Waals surface area contributed by atoms with Crippen LogP contribution in [0.1, 0.15) is 47.4 Å². The van der Waals surface area contributed by atoms with E-state index in [0.717, 1.165) is 11.0 Å². The van der Waals surface area contributed by atoms with Crippen LogP contribution in [0, 0.1) is 0 Å². The maximum Gasteiger partial charge on any atom is 0.191 e. The summed E-state index contributed by atoms with van der Waals surface area (Å²) in [6.07, 6.45) is 1.60. The average molecular weight is 225 g/mol. The van der Waals surface area contributed by atoms with Gasteiger partial charge in [-0.2, -0.15) is 0 Å². The van der Waals surface area contributed by atoms with Crippen molar-refractivity contribution in [2.24, 2.45) is 0 Å². The summed E-state index contributed by atoms with van der Waals surface area (Å²) in [5, 5.41) is 0.808. The van der Waals surface area contributed by atoms with E-state index in [-0.39, 0.29) is 10.2 Å². The molecule has 0 spiro atoms. The van der Waals surface area contributed by atoms with Crippen molar-refractivity contribution in [1.82, 2.24) is 15.0 Å². The van der Waals surface area contributed by atoms with E-state index in [0.29, 0.717) is 0 Å². The molecular weight excluding hydrogens is 206 g/mol. The third-order valence-corrected chi connectivity index (χ3v) is 2.61.